The second-order valence-corrected chi connectivity index (χ2v) is 8.83. The first kappa shape index (κ1) is 18.0. The Hall–Kier alpha value is -1.39. The Labute approximate surface area is 157 Å². The average Bonchev–Trinajstić information content (AvgIpc) is 2.63. The van der Waals surface area contributed by atoms with E-state index in [1.807, 2.05) is 18.2 Å². The molecule has 4 aliphatic heterocycles. The molecule has 142 valence electrons. The second kappa shape index (κ2) is 7.69. The molecule has 4 fully saturated rings. The highest BCUT2D eigenvalue weighted by Gasteiger charge is 2.40. The first-order chi connectivity index (χ1) is 12.6. The first-order valence-electron chi connectivity index (χ1n) is 10.3. The van der Waals surface area contributed by atoms with Crippen LogP contribution in [0.2, 0.25) is 0 Å². The van der Waals surface area contributed by atoms with Gasteiger partial charge in [0, 0.05) is 19.6 Å². The topological polar surface area (TPSA) is 32.8 Å². The molecule has 0 amide bonds. The number of piperidine rings is 4. The van der Waals surface area contributed by atoms with Crippen LogP contribution in [0, 0.1) is 17.8 Å². The van der Waals surface area contributed by atoms with Gasteiger partial charge in [-0.3, -0.25) is 9.80 Å². The van der Waals surface area contributed by atoms with Gasteiger partial charge in [0.15, 0.2) is 0 Å². The molecule has 0 N–H and O–H groups in total. The summed E-state index contributed by atoms with van der Waals surface area (Å²) in [5, 5.41) is 0. The Kier molecular flexibility index (Phi) is 5.32. The molecule has 0 spiro atoms. The van der Waals surface area contributed by atoms with Crippen molar-refractivity contribution in [3.8, 4) is 0 Å². The maximum Gasteiger partial charge on any atom is 0.328 e. The zero-order chi connectivity index (χ0) is 18.1. The molecular formula is C22H32N2O2. The Balaban J connectivity index is 1.53. The summed E-state index contributed by atoms with van der Waals surface area (Å²) in [7, 11) is 0. The molecule has 4 heteroatoms. The number of rotatable bonds is 4. The standard InChI is InChI=1S/C22H32N2O2/c1-16-12-17(2)14-24(13-16)21(19-6-4-3-5-7-19)22(25)26-20-15-23-10-8-18(20)9-11-23/h3-7,16-18,20-21H,8-15H2,1-2H3. The molecule has 1 aromatic rings. The highest BCUT2D eigenvalue weighted by Crippen LogP contribution is 2.34. The predicted octanol–water partition coefficient (Wildman–Crippen LogP) is 3.34. The number of carbonyl (C=O) groups is 1. The number of hydrogen-bond donors (Lipinski definition) is 0. The van der Waals surface area contributed by atoms with E-state index in [1.54, 1.807) is 0 Å². The lowest BCUT2D eigenvalue weighted by atomic mass is 9.85. The zero-order valence-electron chi connectivity index (χ0n) is 16.1. The van der Waals surface area contributed by atoms with Crippen LogP contribution in [0.3, 0.4) is 0 Å². The van der Waals surface area contributed by atoms with Crippen LogP contribution in [0.4, 0.5) is 0 Å². The fourth-order valence-electron chi connectivity index (χ4n) is 5.31. The summed E-state index contributed by atoms with van der Waals surface area (Å²) in [6, 6.07) is 9.96. The highest BCUT2D eigenvalue weighted by molar-refractivity contribution is 5.78. The summed E-state index contributed by atoms with van der Waals surface area (Å²) in [5.74, 6) is 1.75. The van der Waals surface area contributed by atoms with Crippen molar-refractivity contribution >= 4 is 5.97 Å². The molecule has 0 saturated carbocycles. The molecule has 4 nitrogen and oxygen atoms in total. The number of likely N-dealkylation sites (tertiary alicyclic amines) is 1. The third-order valence-corrected chi connectivity index (χ3v) is 6.46. The van der Waals surface area contributed by atoms with E-state index in [2.05, 4.69) is 35.8 Å². The lowest BCUT2D eigenvalue weighted by molar-refractivity contribution is -0.166. The van der Waals surface area contributed by atoms with Crippen LogP contribution in [0.5, 0.6) is 0 Å². The van der Waals surface area contributed by atoms with Crippen molar-refractivity contribution in [3.05, 3.63) is 35.9 Å². The summed E-state index contributed by atoms with van der Waals surface area (Å²) in [4.78, 5) is 18.1. The molecule has 0 radical (unpaired) electrons. The van der Waals surface area contributed by atoms with Crippen LogP contribution in [-0.2, 0) is 9.53 Å². The minimum atomic E-state index is -0.267. The molecule has 5 rings (SSSR count). The quantitative estimate of drug-likeness (QED) is 0.775. The van der Waals surface area contributed by atoms with Gasteiger partial charge in [-0.1, -0.05) is 44.2 Å². The van der Waals surface area contributed by atoms with Crippen molar-refractivity contribution in [2.45, 2.75) is 45.3 Å². The summed E-state index contributed by atoms with van der Waals surface area (Å²) in [5.41, 5.74) is 1.07. The second-order valence-electron chi connectivity index (χ2n) is 8.83. The van der Waals surface area contributed by atoms with E-state index in [-0.39, 0.29) is 18.1 Å². The Morgan fingerprint density at radius 2 is 1.69 bits per heavy atom. The molecule has 4 aliphatic rings. The van der Waals surface area contributed by atoms with Crippen LogP contribution in [0.25, 0.3) is 0 Å². The SMILES string of the molecule is CC1CC(C)CN(C(C(=O)OC2CN3CCC2CC3)c2ccccc2)C1. The minimum absolute atomic E-state index is 0.0451. The molecule has 0 aromatic heterocycles. The van der Waals surface area contributed by atoms with Crippen molar-refractivity contribution in [1.29, 1.82) is 0 Å². The molecular weight excluding hydrogens is 324 g/mol. The summed E-state index contributed by atoms with van der Waals surface area (Å²) in [6.07, 6.45) is 3.67. The van der Waals surface area contributed by atoms with Crippen molar-refractivity contribution in [1.82, 2.24) is 9.80 Å². The van der Waals surface area contributed by atoms with Gasteiger partial charge in [0.2, 0.25) is 0 Å². The van der Waals surface area contributed by atoms with Crippen LogP contribution in [0.1, 0.15) is 44.7 Å². The maximum atomic E-state index is 13.3. The third-order valence-electron chi connectivity index (χ3n) is 6.46. The van der Waals surface area contributed by atoms with Gasteiger partial charge >= 0.3 is 5.97 Å². The number of fused-ring (bicyclic) bond motifs is 3. The van der Waals surface area contributed by atoms with Crippen LogP contribution in [-0.4, -0.2) is 54.6 Å². The molecule has 26 heavy (non-hydrogen) atoms. The summed E-state index contributed by atoms with van der Waals surface area (Å²) < 4.78 is 6.14. The lowest BCUT2D eigenvalue weighted by Gasteiger charge is -2.45. The van der Waals surface area contributed by atoms with E-state index in [1.165, 1.54) is 32.4 Å². The van der Waals surface area contributed by atoms with Gasteiger partial charge < -0.3 is 4.74 Å². The lowest BCUT2D eigenvalue weighted by Crippen LogP contribution is -2.53. The van der Waals surface area contributed by atoms with Crippen LogP contribution >= 0.6 is 0 Å². The van der Waals surface area contributed by atoms with Gasteiger partial charge in [-0.2, -0.15) is 0 Å². The number of esters is 1. The molecule has 4 heterocycles. The van der Waals surface area contributed by atoms with Crippen LogP contribution < -0.4 is 0 Å². The Bertz CT molecular complexity index is 602. The van der Waals surface area contributed by atoms with Gasteiger partial charge in [-0.15, -0.1) is 0 Å². The molecule has 0 aliphatic carbocycles. The number of benzene rings is 1. The fourth-order valence-corrected chi connectivity index (χ4v) is 5.31. The number of carbonyl (C=O) groups excluding carboxylic acids is 1. The van der Waals surface area contributed by atoms with Crippen molar-refractivity contribution in [3.63, 3.8) is 0 Å². The number of ether oxygens (including phenoxy) is 1. The Morgan fingerprint density at radius 3 is 2.27 bits per heavy atom. The monoisotopic (exact) mass is 356 g/mol. The fraction of sp³-hybridized carbons (Fsp3) is 0.682. The van der Waals surface area contributed by atoms with Crippen LogP contribution in [0.15, 0.2) is 30.3 Å². The molecule has 4 atom stereocenters. The first-order valence-corrected chi connectivity index (χ1v) is 10.3. The predicted molar refractivity (Wildman–Crippen MR) is 103 cm³/mol. The van der Waals surface area contributed by atoms with Gasteiger partial charge in [-0.05, 0) is 55.7 Å². The maximum absolute atomic E-state index is 13.3. The molecule has 4 saturated heterocycles. The third kappa shape index (κ3) is 3.81. The zero-order valence-corrected chi connectivity index (χ0v) is 16.1. The van der Waals surface area contributed by atoms with Gasteiger partial charge in [0.1, 0.15) is 12.1 Å². The van der Waals surface area contributed by atoms with E-state index >= 15 is 0 Å². The van der Waals surface area contributed by atoms with E-state index in [0.717, 1.165) is 25.2 Å². The smallest absolute Gasteiger partial charge is 0.328 e. The van der Waals surface area contributed by atoms with E-state index in [4.69, 9.17) is 4.74 Å². The van der Waals surface area contributed by atoms with Crippen molar-refractivity contribution in [2.75, 3.05) is 32.7 Å². The van der Waals surface area contributed by atoms with Gasteiger partial charge in [-0.25, -0.2) is 4.79 Å². The molecule has 2 bridgehead atoms. The van der Waals surface area contributed by atoms with Crippen molar-refractivity contribution < 1.29 is 9.53 Å². The molecule has 4 unspecified atom stereocenters. The van der Waals surface area contributed by atoms with Crippen molar-refractivity contribution in [2.24, 2.45) is 17.8 Å². The number of hydrogen-bond acceptors (Lipinski definition) is 4. The molecule has 1 aromatic carbocycles. The Morgan fingerprint density at radius 1 is 1.04 bits per heavy atom. The number of nitrogens with zero attached hydrogens (tertiary/aromatic N) is 2. The highest BCUT2D eigenvalue weighted by atomic mass is 16.5. The van der Waals surface area contributed by atoms with E-state index < -0.39 is 0 Å². The normalized spacial score (nSPS) is 35.8. The summed E-state index contributed by atoms with van der Waals surface area (Å²) >= 11 is 0. The van der Waals surface area contributed by atoms with E-state index in [0.29, 0.717) is 17.8 Å². The average molecular weight is 357 g/mol. The van der Waals surface area contributed by atoms with E-state index in [9.17, 15) is 4.79 Å². The largest absolute Gasteiger partial charge is 0.459 e. The minimum Gasteiger partial charge on any atom is -0.459 e. The van der Waals surface area contributed by atoms with Gasteiger partial charge in [0.25, 0.3) is 0 Å². The summed E-state index contributed by atoms with van der Waals surface area (Å²) in [6.45, 7) is 9.79. The van der Waals surface area contributed by atoms with Gasteiger partial charge in [0.05, 0.1) is 0 Å².